The Labute approximate surface area is 181 Å². The lowest BCUT2D eigenvalue weighted by atomic mass is 9.99. The summed E-state index contributed by atoms with van der Waals surface area (Å²) < 4.78 is 6.61. The second kappa shape index (κ2) is 10.4. The first-order valence-electron chi connectivity index (χ1n) is 10.4. The zero-order valence-electron chi connectivity index (χ0n) is 17.8. The van der Waals surface area contributed by atoms with E-state index < -0.39 is 5.97 Å². The Bertz CT molecular complexity index is 1160. The summed E-state index contributed by atoms with van der Waals surface area (Å²) >= 11 is 0. The SMILES string of the molecule is CCCCc1nc(C(=O)OCC)cc(=O)n1Cc1ccc(-c2ccccc2C#N)cc1. The van der Waals surface area contributed by atoms with Gasteiger partial charge in [-0.25, -0.2) is 9.78 Å². The summed E-state index contributed by atoms with van der Waals surface area (Å²) in [6.07, 6.45) is 2.42. The first kappa shape index (κ1) is 22.0. The maximum Gasteiger partial charge on any atom is 0.357 e. The zero-order valence-corrected chi connectivity index (χ0v) is 17.8. The zero-order chi connectivity index (χ0) is 22.2. The van der Waals surface area contributed by atoms with Gasteiger partial charge in [-0.3, -0.25) is 9.36 Å². The predicted octanol–water partition coefficient (Wildman–Crippen LogP) is 4.35. The number of hydrogen-bond donors (Lipinski definition) is 0. The third kappa shape index (κ3) is 5.26. The van der Waals surface area contributed by atoms with Gasteiger partial charge < -0.3 is 4.74 Å². The van der Waals surface area contributed by atoms with E-state index in [0.717, 1.165) is 29.5 Å². The molecule has 0 spiro atoms. The highest BCUT2D eigenvalue weighted by Crippen LogP contribution is 2.23. The minimum absolute atomic E-state index is 0.0534. The lowest BCUT2D eigenvalue weighted by Crippen LogP contribution is -2.28. The first-order chi connectivity index (χ1) is 15.1. The van der Waals surface area contributed by atoms with Crippen LogP contribution in [0.5, 0.6) is 0 Å². The molecule has 6 heteroatoms. The highest BCUT2D eigenvalue weighted by atomic mass is 16.5. The number of carbonyl (C=O) groups is 1. The number of aryl methyl sites for hydroxylation is 1. The molecule has 31 heavy (non-hydrogen) atoms. The summed E-state index contributed by atoms with van der Waals surface area (Å²) in [4.78, 5) is 29.3. The van der Waals surface area contributed by atoms with E-state index in [1.165, 1.54) is 6.07 Å². The number of rotatable bonds is 8. The molecule has 0 saturated carbocycles. The molecule has 0 fully saturated rings. The van der Waals surface area contributed by atoms with Gasteiger partial charge in [0.25, 0.3) is 5.56 Å². The second-order valence-corrected chi connectivity index (χ2v) is 7.16. The molecule has 3 aromatic rings. The molecule has 0 N–H and O–H groups in total. The van der Waals surface area contributed by atoms with Crippen LogP contribution in [0.15, 0.2) is 59.4 Å². The largest absolute Gasteiger partial charge is 0.461 e. The Kier molecular flexibility index (Phi) is 7.34. The molecule has 158 valence electrons. The number of benzene rings is 2. The molecule has 0 unspecified atom stereocenters. The minimum atomic E-state index is -0.579. The van der Waals surface area contributed by atoms with E-state index in [1.54, 1.807) is 17.6 Å². The summed E-state index contributed by atoms with van der Waals surface area (Å²) in [7, 11) is 0. The van der Waals surface area contributed by atoms with Crippen LogP contribution in [0.4, 0.5) is 0 Å². The smallest absolute Gasteiger partial charge is 0.357 e. The summed E-state index contributed by atoms with van der Waals surface area (Å²) in [5.41, 5.74) is 3.14. The molecule has 0 amide bonds. The van der Waals surface area contributed by atoms with Crippen molar-refractivity contribution in [3.05, 3.63) is 87.6 Å². The molecule has 0 aliphatic heterocycles. The van der Waals surface area contributed by atoms with Crippen LogP contribution in [0.1, 0.15) is 54.1 Å². The van der Waals surface area contributed by atoms with Crippen LogP contribution in [0.3, 0.4) is 0 Å². The Morgan fingerprint density at radius 2 is 1.87 bits per heavy atom. The molecule has 0 bridgehead atoms. The lowest BCUT2D eigenvalue weighted by Gasteiger charge is -2.14. The second-order valence-electron chi connectivity index (χ2n) is 7.16. The van der Waals surface area contributed by atoms with E-state index in [9.17, 15) is 14.9 Å². The van der Waals surface area contributed by atoms with Gasteiger partial charge in [-0.15, -0.1) is 0 Å². The molecule has 6 nitrogen and oxygen atoms in total. The topological polar surface area (TPSA) is 85.0 Å². The number of unbranched alkanes of at least 4 members (excludes halogenated alkanes) is 1. The average molecular weight is 415 g/mol. The van der Waals surface area contributed by atoms with Gasteiger partial charge in [0, 0.05) is 12.5 Å². The molecule has 1 heterocycles. The van der Waals surface area contributed by atoms with Crippen LogP contribution < -0.4 is 5.56 Å². The van der Waals surface area contributed by atoms with Crippen LogP contribution in [0.25, 0.3) is 11.1 Å². The summed E-state index contributed by atoms with van der Waals surface area (Å²) in [5, 5.41) is 9.33. The summed E-state index contributed by atoms with van der Waals surface area (Å²) in [5.74, 6) is 0.00122. The number of aromatic nitrogens is 2. The Morgan fingerprint density at radius 3 is 2.55 bits per heavy atom. The predicted molar refractivity (Wildman–Crippen MR) is 119 cm³/mol. The molecule has 0 atom stereocenters. The normalized spacial score (nSPS) is 10.5. The van der Waals surface area contributed by atoms with E-state index in [2.05, 4.69) is 18.0 Å². The highest BCUT2D eigenvalue weighted by Gasteiger charge is 2.15. The van der Waals surface area contributed by atoms with Crippen molar-refractivity contribution in [1.29, 1.82) is 5.26 Å². The fraction of sp³-hybridized carbons (Fsp3) is 0.280. The molecule has 0 aliphatic rings. The van der Waals surface area contributed by atoms with Crippen molar-refractivity contribution >= 4 is 5.97 Å². The van der Waals surface area contributed by atoms with Crippen LogP contribution >= 0.6 is 0 Å². The van der Waals surface area contributed by atoms with Crippen molar-refractivity contribution in [2.24, 2.45) is 0 Å². The highest BCUT2D eigenvalue weighted by molar-refractivity contribution is 5.87. The molecule has 2 aromatic carbocycles. The van der Waals surface area contributed by atoms with E-state index >= 15 is 0 Å². The van der Waals surface area contributed by atoms with Gasteiger partial charge in [0.05, 0.1) is 24.8 Å². The Hall–Kier alpha value is -3.72. The van der Waals surface area contributed by atoms with Crippen molar-refractivity contribution in [3.63, 3.8) is 0 Å². The molecular weight excluding hydrogens is 390 g/mol. The molecule has 0 saturated heterocycles. The monoisotopic (exact) mass is 415 g/mol. The Balaban J connectivity index is 1.91. The van der Waals surface area contributed by atoms with Crippen molar-refractivity contribution < 1.29 is 9.53 Å². The van der Waals surface area contributed by atoms with E-state index in [-0.39, 0.29) is 17.9 Å². The van der Waals surface area contributed by atoms with Gasteiger partial charge in [0.2, 0.25) is 0 Å². The van der Waals surface area contributed by atoms with Gasteiger partial charge in [0.15, 0.2) is 5.69 Å². The molecular formula is C25H25N3O3. The fourth-order valence-electron chi connectivity index (χ4n) is 3.36. The van der Waals surface area contributed by atoms with Gasteiger partial charge in [0.1, 0.15) is 5.82 Å². The molecule has 0 radical (unpaired) electrons. The van der Waals surface area contributed by atoms with Crippen molar-refractivity contribution in [3.8, 4) is 17.2 Å². The van der Waals surface area contributed by atoms with Crippen molar-refractivity contribution in [2.45, 2.75) is 39.7 Å². The minimum Gasteiger partial charge on any atom is -0.461 e. The Morgan fingerprint density at radius 1 is 1.13 bits per heavy atom. The molecule has 3 rings (SSSR count). The lowest BCUT2D eigenvalue weighted by molar-refractivity contribution is 0.0518. The number of nitriles is 1. The van der Waals surface area contributed by atoms with Crippen molar-refractivity contribution in [2.75, 3.05) is 6.61 Å². The molecule has 0 aliphatic carbocycles. The van der Waals surface area contributed by atoms with Gasteiger partial charge in [-0.05, 0) is 36.1 Å². The average Bonchev–Trinajstić information content (AvgIpc) is 2.79. The first-order valence-corrected chi connectivity index (χ1v) is 10.4. The van der Waals surface area contributed by atoms with E-state index in [4.69, 9.17) is 4.74 Å². The van der Waals surface area contributed by atoms with Gasteiger partial charge in [-0.2, -0.15) is 5.26 Å². The number of carbonyl (C=O) groups excluding carboxylic acids is 1. The summed E-state index contributed by atoms with van der Waals surface area (Å²) in [6.45, 7) is 4.37. The number of hydrogen-bond acceptors (Lipinski definition) is 5. The standard InChI is InChI=1S/C25H25N3O3/c1-3-5-10-23-27-22(25(30)31-4-2)15-24(29)28(23)17-18-11-13-19(14-12-18)21-9-7-6-8-20(21)16-26/h6-9,11-15H,3-5,10,17H2,1-2H3. The van der Waals surface area contributed by atoms with Crippen molar-refractivity contribution in [1.82, 2.24) is 9.55 Å². The number of ether oxygens (including phenoxy) is 1. The van der Waals surface area contributed by atoms with Crippen LogP contribution in [0.2, 0.25) is 0 Å². The van der Waals surface area contributed by atoms with E-state index in [1.807, 2.05) is 42.5 Å². The summed E-state index contributed by atoms with van der Waals surface area (Å²) in [6, 6.07) is 18.7. The molecule has 1 aromatic heterocycles. The van der Waals surface area contributed by atoms with Crippen LogP contribution in [-0.2, 0) is 17.7 Å². The van der Waals surface area contributed by atoms with Crippen LogP contribution in [0, 0.1) is 11.3 Å². The maximum absolute atomic E-state index is 12.8. The third-order valence-electron chi connectivity index (χ3n) is 4.98. The third-order valence-corrected chi connectivity index (χ3v) is 4.98. The quantitative estimate of drug-likeness (QED) is 0.511. The number of esters is 1. The van der Waals surface area contributed by atoms with Gasteiger partial charge in [-0.1, -0.05) is 55.8 Å². The maximum atomic E-state index is 12.8. The fourth-order valence-corrected chi connectivity index (χ4v) is 3.36. The van der Waals surface area contributed by atoms with Gasteiger partial charge >= 0.3 is 5.97 Å². The van der Waals surface area contributed by atoms with Crippen LogP contribution in [-0.4, -0.2) is 22.1 Å². The van der Waals surface area contributed by atoms with E-state index in [0.29, 0.717) is 24.4 Å². The number of nitrogens with zero attached hydrogens (tertiary/aromatic N) is 3.